The highest BCUT2D eigenvalue weighted by Gasteiger charge is 2.10. The van der Waals surface area contributed by atoms with Gasteiger partial charge in [-0.05, 0) is 66.6 Å². The van der Waals surface area contributed by atoms with E-state index in [1.807, 2.05) is 12.1 Å². The predicted octanol–water partition coefficient (Wildman–Crippen LogP) is 4.80. The maximum Gasteiger partial charge on any atom is 0.257 e. The van der Waals surface area contributed by atoms with E-state index in [4.69, 9.17) is 4.74 Å². The summed E-state index contributed by atoms with van der Waals surface area (Å²) in [5.74, 6) is 0.214. The summed E-state index contributed by atoms with van der Waals surface area (Å²) in [5.41, 5.74) is 1.87. The first kappa shape index (κ1) is 22.0. The molecule has 0 radical (unpaired) electrons. The van der Waals surface area contributed by atoms with Crippen LogP contribution in [0.2, 0.25) is 0 Å². The molecule has 7 heteroatoms. The number of aromatic nitrogens is 1. The van der Waals surface area contributed by atoms with Gasteiger partial charge in [-0.2, -0.15) is 0 Å². The molecule has 1 amide bonds. The first-order valence-corrected chi connectivity index (χ1v) is 10.1. The van der Waals surface area contributed by atoms with Gasteiger partial charge in [0.25, 0.3) is 5.91 Å². The Labute approximate surface area is 181 Å². The molecular formula is C24H25FN4O2. The van der Waals surface area contributed by atoms with Gasteiger partial charge in [-0.3, -0.25) is 15.1 Å². The number of unbranched alkanes of at least 4 members (excludes halogenated alkanes) is 1. The molecule has 2 N–H and O–H groups in total. The van der Waals surface area contributed by atoms with Crippen molar-refractivity contribution in [1.82, 2.24) is 10.3 Å². The fourth-order valence-electron chi connectivity index (χ4n) is 2.69. The maximum atomic E-state index is 13.6. The summed E-state index contributed by atoms with van der Waals surface area (Å²) in [6, 6.07) is 16.5. The number of amides is 1. The molecule has 0 saturated carbocycles. The minimum atomic E-state index is -0.386. The largest absolute Gasteiger partial charge is 0.494 e. The second-order valence-electron chi connectivity index (χ2n) is 6.84. The fourth-order valence-corrected chi connectivity index (χ4v) is 2.69. The Morgan fingerprint density at radius 2 is 1.87 bits per heavy atom. The molecule has 0 aliphatic carbocycles. The first-order chi connectivity index (χ1) is 15.1. The molecule has 0 aliphatic rings. The summed E-state index contributed by atoms with van der Waals surface area (Å²) in [5, 5.41) is 5.74. The van der Waals surface area contributed by atoms with Crippen molar-refractivity contribution in [3.63, 3.8) is 0 Å². The maximum absolute atomic E-state index is 13.6. The topological polar surface area (TPSA) is 75.6 Å². The molecule has 0 bridgehead atoms. The van der Waals surface area contributed by atoms with Gasteiger partial charge in [0.15, 0.2) is 0 Å². The van der Waals surface area contributed by atoms with Crippen molar-refractivity contribution in [2.75, 3.05) is 11.9 Å². The van der Waals surface area contributed by atoms with Crippen LogP contribution in [-0.2, 0) is 6.54 Å². The summed E-state index contributed by atoms with van der Waals surface area (Å²) in [6.07, 6.45) is 5.38. The number of hydrogen-bond donors (Lipinski definition) is 2. The summed E-state index contributed by atoms with van der Waals surface area (Å²) in [7, 11) is 0. The van der Waals surface area contributed by atoms with Crippen LogP contribution in [-0.4, -0.2) is 23.5 Å². The molecule has 160 valence electrons. The van der Waals surface area contributed by atoms with Crippen molar-refractivity contribution in [1.29, 1.82) is 0 Å². The number of nitrogens with zero attached hydrogens (tertiary/aromatic N) is 2. The van der Waals surface area contributed by atoms with Crippen molar-refractivity contribution >= 4 is 17.6 Å². The van der Waals surface area contributed by atoms with Gasteiger partial charge >= 0.3 is 0 Å². The lowest BCUT2D eigenvalue weighted by Gasteiger charge is -2.12. The number of hydrogen-bond acceptors (Lipinski definition) is 4. The highest BCUT2D eigenvalue weighted by molar-refractivity contribution is 6.09. The fraction of sp³-hybridized carbons (Fsp3) is 0.208. The van der Waals surface area contributed by atoms with Gasteiger partial charge in [0, 0.05) is 23.6 Å². The molecule has 31 heavy (non-hydrogen) atoms. The average molecular weight is 420 g/mol. The lowest BCUT2D eigenvalue weighted by molar-refractivity contribution is 0.0977. The highest BCUT2D eigenvalue weighted by Crippen LogP contribution is 2.13. The Bertz CT molecular complexity index is 1010. The molecule has 0 atom stereocenters. The van der Waals surface area contributed by atoms with E-state index in [1.165, 1.54) is 12.1 Å². The Balaban J connectivity index is 1.71. The number of anilines is 1. The lowest BCUT2D eigenvalue weighted by Crippen LogP contribution is -2.36. The number of carbonyl (C=O) groups excluding carboxylic acids is 1. The highest BCUT2D eigenvalue weighted by atomic mass is 19.1. The van der Waals surface area contributed by atoms with E-state index in [0.29, 0.717) is 24.4 Å². The molecule has 0 unspecified atom stereocenters. The third-order valence-corrected chi connectivity index (χ3v) is 4.37. The van der Waals surface area contributed by atoms with Crippen LogP contribution < -0.4 is 15.4 Å². The van der Waals surface area contributed by atoms with Crippen LogP contribution in [0.1, 0.15) is 35.7 Å². The van der Waals surface area contributed by atoms with Crippen molar-refractivity contribution in [2.45, 2.75) is 26.3 Å². The summed E-state index contributed by atoms with van der Waals surface area (Å²) in [6.45, 7) is 3.07. The smallest absolute Gasteiger partial charge is 0.257 e. The van der Waals surface area contributed by atoms with Crippen LogP contribution in [0.15, 0.2) is 78.0 Å². The average Bonchev–Trinajstić information content (AvgIpc) is 2.79. The van der Waals surface area contributed by atoms with Crippen LogP contribution in [0, 0.1) is 5.82 Å². The lowest BCUT2D eigenvalue weighted by atomic mass is 10.2. The number of nitrogens with one attached hydrogen (secondary N) is 2. The second kappa shape index (κ2) is 11.4. The number of carbonyl (C=O) groups is 1. The first-order valence-electron chi connectivity index (χ1n) is 10.1. The van der Waals surface area contributed by atoms with E-state index in [9.17, 15) is 9.18 Å². The predicted molar refractivity (Wildman–Crippen MR) is 120 cm³/mol. The molecule has 3 aromatic rings. The summed E-state index contributed by atoms with van der Waals surface area (Å²) in [4.78, 5) is 21.2. The third-order valence-electron chi connectivity index (χ3n) is 4.37. The van der Waals surface area contributed by atoms with Gasteiger partial charge in [-0.25, -0.2) is 9.38 Å². The molecule has 0 fully saturated rings. The number of benzene rings is 2. The zero-order valence-electron chi connectivity index (χ0n) is 17.3. The Hall–Kier alpha value is -3.74. The van der Waals surface area contributed by atoms with Crippen molar-refractivity contribution in [2.24, 2.45) is 4.99 Å². The van der Waals surface area contributed by atoms with Crippen LogP contribution in [0.25, 0.3) is 0 Å². The Morgan fingerprint density at radius 1 is 1.10 bits per heavy atom. The van der Waals surface area contributed by atoms with E-state index in [0.717, 1.165) is 24.2 Å². The Kier molecular flexibility index (Phi) is 8.11. The third kappa shape index (κ3) is 7.22. The standard InChI is InChI=1S/C24H25FN4O2/c1-2-3-15-31-22-9-7-19(8-10-22)23(30)29-24(27-17-18-11-13-26-14-12-18)28-21-6-4-5-20(25)16-21/h4-14,16H,2-3,15,17H2,1H3,(H2,27,28,29,30). The van der Waals surface area contributed by atoms with E-state index in [-0.39, 0.29) is 17.7 Å². The number of halogens is 1. The molecule has 0 spiro atoms. The van der Waals surface area contributed by atoms with Crippen LogP contribution in [0.5, 0.6) is 5.75 Å². The minimum Gasteiger partial charge on any atom is -0.494 e. The SMILES string of the molecule is CCCCOc1ccc(C(=O)NC(=NCc2ccncc2)Nc2cccc(F)c2)cc1. The van der Waals surface area contributed by atoms with Crippen molar-refractivity contribution < 1.29 is 13.9 Å². The van der Waals surface area contributed by atoms with Gasteiger partial charge < -0.3 is 10.1 Å². The summed E-state index contributed by atoms with van der Waals surface area (Å²) >= 11 is 0. The number of rotatable bonds is 8. The van der Waals surface area contributed by atoms with E-state index >= 15 is 0 Å². The molecular weight excluding hydrogens is 395 g/mol. The van der Waals surface area contributed by atoms with Gasteiger partial charge in [0.1, 0.15) is 11.6 Å². The van der Waals surface area contributed by atoms with Gasteiger partial charge in [0.2, 0.25) is 5.96 Å². The molecule has 0 aliphatic heterocycles. The van der Waals surface area contributed by atoms with Gasteiger partial charge in [0.05, 0.1) is 13.2 Å². The normalized spacial score (nSPS) is 11.1. The molecule has 1 heterocycles. The number of aliphatic imine (C=N–C) groups is 1. The number of guanidine groups is 1. The molecule has 1 aromatic heterocycles. The quantitative estimate of drug-likeness (QED) is 0.312. The van der Waals surface area contributed by atoms with Crippen LogP contribution >= 0.6 is 0 Å². The minimum absolute atomic E-state index is 0.218. The second-order valence-corrected chi connectivity index (χ2v) is 6.84. The van der Waals surface area contributed by atoms with Gasteiger partial charge in [-0.15, -0.1) is 0 Å². The van der Waals surface area contributed by atoms with Crippen LogP contribution in [0.4, 0.5) is 10.1 Å². The van der Waals surface area contributed by atoms with Crippen molar-refractivity contribution in [3.8, 4) is 5.75 Å². The van der Waals surface area contributed by atoms with Crippen LogP contribution in [0.3, 0.4) is 0 Å². The number of pyridine rings is 1. The Morgan fingerprint density at radius 3 is 2.58 bits per heavy atom. The van der Waals surface area contributed by atoms with E-state index in [2.05, 4.69) is 27.5 Å². The monoisotopic (exact) mass is 420 g/mol. The molecule has 6 nitrogen and oxygen atoms in total. The molecule has 2 aromatic carbocycles. The molecule has 3 rings (SSSR count). The van der Waals surface area contributed by atoms with Gasteiger partial charge in [-0.1, -0.05) is 19.4 Å². The van der Waals surface area contributed by atoms with Crippen molar-refractivity contribution in [3.05, 3.63) is 90.0 Å². The van der Waals surface area contributed by atoms with E-state index < -0.39 is 0 Å². The molecule has 0 saturated heterocycles. The van der Waals surface area contributed by atoms with E-state index in [1.54, 1.807) is 48.8 Å². The number of ether oxygens (including phenoxy) is 1. The zero-order chi connectivity index (χ0) is 21.9. The summed E-state index contributed by atoms with van der Waals surface area (Å²) < 4.78 is 19.2. The zero-order valence-corrected chi connectivity index (χ0v) is 17.3.